The summed E-state index contributed by atoms with van der Waals surface area (Å²) >= 11 is 1.57. The SMILES string of the molecule is Cc1ccc(F)c(C(=O)N(C)C(C)c2sc(C)nc2C)c1. The zero-order chi connectivity index (χ0) is 15.7. The summed E-state index contributed by atoms with van der Waals surface area (Å²) in [6, 6.07) is 4.45. The molecular weight excluding hydrogens is 287 g/mol. The second-order valence-electron chi connectivity index (χ2n) is 5.26. The zero-order valence-corrected chi connectivity index (χ0v) is 13.7. The second kappa shape index (κ2) is 5.93. The van der Waals surface area contributed by atoms with Crippen LogP contribution in [0, 0.1) is 26.6 Å². The predicted molar refractivity (Wildman–Crippen MR) is 83.2 cm³/mol. The van der Waals surface area contributed by atoms with Crippen molar-refractivity contribution in [1.82, 2.24) is 9.88 Å². The third kappa shape index (κ3) is 3.13. The van der Waals surface area contributed by atoms with Crippen molar-refractivity contribution in [2.45, 2.75) is 33.7 Å². The van der Waals surface area contributed by atoms with Crippen LogP contribution in [-0.4, -0.2) is 22.8 Å². The highest BCUT2D eigenvalue weighted by molar-refractivity contribution is 7.11. The Morgan fingerprint density at radius 3 is 2.57 bits per heavy atom. The standard InChI is InChI=1S/C16H19FN2OS/c1-9-6-7-14(17)13(8-9)16(20)19(5)11(3)15-10(2)18-12(4)21-15/h6-8,11H,1-5H3. The number of halogens is 1. The van der Waals surface area contributed by atoms with Gasteiger partial charge in [0.05, 0.1) is 22.3 Å². The maximum Gasteiger partial charge on any atom is 0.257 e. The van der Waals surface area contributed by atoms with Crippen LogP contribution in [0.15, 0.2) is 18.2 Å². The Hall–Kier alpha value is -1.75. The first kappa shape index (κ1) is 15.6. The molecule has 1 amide bonds. The minimum absolute atomic E-state index is 0.114. The molecule has 0 fully saturated rings. The van der Waals surface area contributed by atoms with Gasteiger partial charge in [-0.1, -0.05) is 11.6 Å². The average molecular weight is 306 g/mol. The van der Waals surface area contributed by atoms with Crippen LogP contribution >= 0.6 is 11.3 Å². The number of benzene rings is 1. The molecular formula is C16H19FN2OS. The van der Waals surface area contributed by atoms with Gasteiger partial charge in [0.2, 0.25) is 0 Å². The lowest BCUT2D eigenvalue weighted by Gasteiger charge is -2.25. The first-order valence-corrected chi connectivity index (χ1v) is 7.60. The molecule has 0 saturated heterocycles. The number of carbonyl (C=O) groups is 1. The van der Waals surface area contributed by atoms with Crippen molar-refractivity contribution in [3.63, 3.8) is 0 Å². The molecule has 0 N–H and O–H groups in total. The Kier molecular flexibility index (Phi) is 4.42. The lowest BCUT2D eigenvalue weighted by atomic mass is 10.1. The maximum absolute atomic E-state index is 13.9. The van der Waals surface area contributed by atoms with E-state index >= 15 is 0 Å². The Bertz CT molecular complexity index is 681. The molecule has 0 aliphatic heterocycles. The van der Waals surface area contributed by atoms with Gasteiger partial charge in [-0.25, -0.2) is 9.37 Å². The molecule has 5 heteroatoms. The lowest BCUT2D eigenvalue weighted by Crippen LogP contribution is -2.30. The fourth-order valence-electron chi connectivity index (χ4n) is 2.28. The van der Waals surface area contributed by atoms with Gasteiger partial charge in [0.1, 0.15) is 5.82 Å². The molecule has 2 aromatic rings. The van der Waals surface area contributed by atoms with Crippen molar-refractivity contribution >= 4 is 17.2 Å². The summed E-state index contributed by atoms with van der Waals surface area (Å²) < 4.78 is 13.9. The molecule has 0 spiro atoms. The first-order valence-electron chi connectivity index (χ1n) is 6.78. The minimum Gasteiger partial charge on any atom is -0.334 e. The lowest BCUT2D eigenvalue weighted by molar-refractivity contribution is 0.0739. The molecule has 21 heavy (non-hydrogen) atoms. The van der Waals surface area contributed by atoms with Gasteiger partial charge in [0.15, 0.2) is 0 Å². The van der Waals surface area contributed by atoms with E-state index in [1.807, 2.05) is 27.7 Å². The number of carbonyl (C=O) groups excluding carboxylic acids is 1. The van der Waals surface area contributed by atoms with Crippen LogP contribution in [0.5, 0.6) is 0 Å². The summed E-state index contributed by atoms with van der Waals surface area (Å²) in [6.45, 7) is 7.65. The third-order valence-corrected chi connectivity index (χ3v) is 4.82. The smallest absolute Gasteiger partial charge is 0.257 e. The highest BCUT2D eigenvalue weighted by Gasteiger charge is 2.24. The molecule has 2 rings (SSSR count). The van der Waals surface area contributed by atoms with Gasteiger partial charge in [0, 0.05) is 11.9 Å². The summed E-state index contributed by atoms with van der Waals surface area (Å²) in [4.78, 5) is 19.5. The molecule has 112 valence electrons. The third-order valence-electron chi connectivity index (χ3n) is 3.57. The Balaban J connectivity index is 2.30. The number of thiazole rings is 1. The highest BCUT2D eigenvalue weighted by atomic mass is 32.1. The van der Waals surface area contributed by atoms with Crippen LogP contribution < -0.4 is 0 Å². The Labute approximate surface area is 128 Å². The average Bonchev–Trinajstić information content (AvgIpc) is 2.78. The van der Waals surface area contributed by atoms with E-state index in [0.29, 0.717) is 0 Å². The maximum atomic E-state index is 13.9. The minimum atomic E-state index is -0.484. The largest absolute Gasteiger partial charge is 0.334 e. The normalized spacial score (nSPS) is 12.3. The molecule has 3 nitrogen and oxygen atoms in total. The molecule has 1 unspecified atom stereocenters. The van der Waals surface area contributed by atoms with Crippen LogP contribution in [0.25, 0.3) is 0 Å². The Morgan fingerprint density at radius 1 is 1.33 bits per heavy atom. The molecule has 1 aromatic carbocycles. The van der Waals surface area contributed by atoms with Gasteiger partial charge in [-0.3, -0.25) is 4.79 Å². The molecule has 1 atom stereocenters. The summed E-state index contributed by atoms with van der Waals surface area (Å²) in [5.41, 5.74) is 1.91. The van der Waals surface area contributed by atoms with Crippen molar-refractivity contribution in [2.75, 3.05) is 7.05 Å². The van der Waals surface area contributed by atoms with E-state index in [0.717, 1.165) is 21.1 Å². The Morgan fingerprint density at radius 2 is 2.00 bits per heavy atom. The van der Waals surface area contributed by atoms with Crippen molar-refractivity contribution in [1.29, 1.82) is 0 Å². The number of aryl methyl sites for hydroxylation is 3. The number of hydrogen-bond acceptors (Lipinski definition) is 3. The van der Waals surface area contributed by atoms with Crippen molar-refractivity contribution < 1.29 is 9.18 Å². The zero-order valence-electron chi connectivity index (χ0n) is 12.9. The van der Waals surface area contributed by atoms with Crippen LogP contribution in [0.1, 0.15) is 44.5 Å². The van der Waals surface area contributed by atoms with Gasteiger partial charge in [-0.05, 0) is 39.8 Å². The van der Waals surface area contributed by atoms with E-state index in [4.69, 9.17) is 0 Å². The van der Waals surface area contributed by atoms with Crippen molar-refractivity contribution in [3.8, 4) is 0 Å². The van der Waals surface area contributed by atoms with Crippen LogP contribution in [0.2, 0.25) is 0 Å². The van der Waals surface area contributed by atoms with Gasteiger partial charge in [-0.15, -0.1) is 11.3 Å². The summed E-state index contributed by atoms with van der Waals surface area (Å²) in [5.74, 6) is -0.795. The second-order valence-corrected chi connectivity index (χ2v) is 6.49. The summed E-state index contributed by atoms with van der Waals surface area (Å²) in [5, 5.41) is 0.969. The van der Waals surface area contributed by atoms with E-state index in [1.54, 1.807) is 35.4 Å². The fourth-order valence-corrected chi connectivity index (χ4v) is 3.30. The quantitative estimate of drug-likeness (QED) is 0.857. The van der Waals surface area contributed by atoms with E-state index in [-0.39, 0.29) is 17.5 Å². The highest BCUT2D eigenvalue weighted by Crippen LogP contribution is 2.29. The predicted octanol–water partition coefficient (Wildman–Crippen LogP) is 4.04. The number of amides is 1. The van der Waals surface area contributed by atoms with Crippen LogP contribution in [-0.2, 0) is 0 Å². The molecule has 0 aliphatic carbocycles. The number of nitrogens with zero attached hydrogens (tertiary/aromatic N) is 2. The van der Waals surface area contributed by atoms with Gasteiger partial charge < -0.3 is 4.90 Å². The van der Waals surface area contributed by atoms with Gasteiger partial charge in [-0.2, -0.15) is 0 Å². The van der Waals surface area contributed by atoms with Crippen molar-refractivity contribution in [2.24, 2.45) is 0 Å². The van der Waals surface area contributed by atoms with Crippen molar-refractivity contribution in [3.05, 3.63) is 50.7 Å². The summed E-state index contributed by atoms with van der Waals surface area (Å²) in [7, 11) is 1.70. The molecule has 0 aliphatic rings. The first-order chi connectivity index (χ1) is 9.81. The van der Waals surface area contributed by atoms with Gasteiger partial charge in [0.25, 0.3) is 5.91 Å². The van der Waals surface area contributed by atoms with Crippen LogP contribution in [0.4, 0.5) is 4.39 Å². The summed E-state index contributed by atoms with van der Waals surface area (Å²) in [6.07, 6.45) is 0. The fraction of sp³-hybridized carbons (Fsp3) is 0.375. The number of rotatable bonds is 3. The van der Waals surface area contributed by atoms with Crippen LogP contribution in [0.3, 0.4) is 0 Å². The van der Waals surface area contributed by atoms with Gasteiger partial charge >= 0.3 is 0 Å². The molecule has 0 radical (unpaired) electrons. The molecule has 0 saturated carbocycles. The topological polar surface area (TPSA) is 33.2 Å². The number of hydrogen-bond donors (Lipinski definition) is 0. The number of aromatic nitrogens is 1. The van der Waals surface area contributed by atoms with E-state index < -0.39 is 5.82 Å². The molecule has 1 aromatic heterocycles. The van der Waals surface area contributed by atoms with E-state index in [1.165, 1.54) is 6.07 Å². The van der Waals surface area contributed by atoms with E-state index in [2.05, 4.69) is 4.98 Å². The monoisotopic (exact) mass is 306 g/mol. The molecule has 0 bridgehead atoms. The molecule has 1 heterocycles. The van der Waals surface area contributed by atoms with E-state index in [9.17, 15) is 9.18 Å².